The van der Waals surface area contributed by atoms with Crippen LogP contribution in [-0.4, -0.2) is 29.4 Å². The number of hydrogen-bond acceptors (Lipinski definition) is 1. The van der Waals surface area contributed by atoms with Gasteiger partial charge in [0.15, 0.2) is 0 Å². The van der Waals surface area contributed by atoms with Crippen molar-refractivity contribution in [2.75, 3.05) is 18.4 Å². The molecule has 2 heteroatoms. The van der Waals surface area contributed by atoms with Crippen LogP contribution in [0.15, 0.2) is 0 Å². The highest BCUT2D eigenvalue weighted by molar-refractivity contribution is 9.09. The summed E-state index contributed by atoms with van der Waals surface area (Å²) in [5.74, 6) is 0. The molecule has 0 radical (unpaired) electrons. The van der Waals surface area contributed by atoms with Gasteiger partial charge in [-0.25, -0.2) is 0 Å². The van der Waals surface area contributed by atoms with Crippen LogP contribution < -0.4 is 0 Å². The van der Waals surface area contributed by atoms with Crippen molar-refractivity contribution < 1.29 is 0 Å². The maximum atomic E-state index is 3.77. The zero-order valence-electron chi connectivity index (χ0n) is 12.0. The quantitative estimate of drug-likeness (QED) is 0.580. The van der Waals surface area contributed by atoms with Gasteiger partial charge in [-0.15, -0.1) is 0 Å². The topological polar surface area (TPSA) is 3.24 Å². The van der Waals surface area contributed by atoms with Crippen LogP contribution in [0, 0.1) is 5.41 Å². The summed E-state index contributed by atoms with van der Waals surface area (Å²) < 4.78 is 0. The molecule has 0 bridgehead atoms. The number of hydrogen-bond donors (Lipinski definition) is 0. The van der Waals surface area contributed by atoms with Crippen LogP contribution in [-0.2, 0) is 0 Å². The van der Waals surface area contributed by atoms with Gasteiger partial charge >= 0.3 is 0 Å². The largest absolute Gasteiger partial charge is 0.300 e. The van der Waals surface area contributed by atoms with Crippen molar-refractivity contribution in [2.24, 2.45) is 5.41 Å². The normalized spacial score (nSPS) is 21.0. The van der Waals surface area contributed by atoms with Gasteiger partial charge in [-0.05, 0) is 44.6 Å². The second-order valence-corrected chi connectivity index (χ2v) is 6.48. The standard InChI is InChI=1S/C15H30BrN/c1-4-6-11-17(14(3)5-2)13-15(12-16)9-7-8-10-15/h14H,4-13H2,1-3H3. The Hall–Kier alpha value is 0.440. The molecule has 102 valence electrons. The van der Waals surface area contributed by atoms with Crippen molar-refractivity contribution in [3.8, 4) is 0 Å². The van der Waals surface area contributed by atoms with E-state index < -0.39 is 0 Å². The molecule has 1 nitrogen and oxygen atoms in total. The Morgan fingerprint density at radius 1 is 1.24 bits per heavy atom. The molecule has 1 unspecified atom stereocenters. The maximum Gasteiger partial charge on any atom is 0.0100 e. The van der Waals surface area contributed by atoms with Gasteiger partial charge in [0.2, 0.25) is 0 Å². The monoisotopic (exact) mass is 303 g/mol. The van der Waals surface area contributed by atoms with E-state index in [4.69, 9.17) is 0 Å². The molecule has 17 heavy (non-hydrogen) atoms. The van der Waals surface area contributed by atoms with Crippen LogP contribution in [0.2, 0.25) is 0 Å². The second kappa shape index (κ2) is 7.78. The molecule has 0 N–H and O–H groups in total. The summed E-state index contributed by atoms with van der Waals surface area (Å²) in [5, 5.41) is 1.19. The zero-order chi connectivity index (χ0) is 12.7. The lowest BCUT2D eigenvalue weighted by Crippen LogP contribution is -2.42. The Balaban J connectivity index is 2.56. The highest BCUT2D eigenvalue weighted by Gasteiger charge is 2.35. The number of unbranched alkanes of at least 4 members (excludes halogenated alkanes) is 1. The minimum Gasteiger partial charge on any atom is -0.300 e. The van der Waals surface area contributed by atoms with E-state index in [0.717, 1.165) is 6.04 Å². The lowest BCUT2D eigenvalue weighted by molar-refractivity contribution is 0.128. The van der Waals surface area contributed by atoms with E-state index in [1.165, 1.54) is 63.4 Å². The fourth-order valence-corrected chi connectivity index (χ4v) is 3.70. The van der Waals surface area contributed by atoms with Crippen LogP contribution >= 0.6 is 15.9 Å². The van der Waals surface area contributed by atoms with E-state index in [0.29, 0.717) is 5.41 Å². The highest BCUT2D eigenvalue weighted by Crippen LogP contribution is 2.40. The first-order chi connectivity index (χ1) is 8.17. The molecule has 1 aliphatic rings. The van der Waals surface area contributed by atoms with Gasteiger partial charge in [-0.2, -0.15) is 0 Å². The third-order valence-electron chi connectivity index (χ3n) is 4.50. The average Bonchev–Trinajstić information content (AvgIpc) is 2.82. The first-order valence-electron chi connectivity index (χ1n) is 7.47. The molecule has 0 aromatic heterocycles. The minimum atomic E-state index is 0.581. The van der Waals surface area contributed by atoms with E-state index in [-0.39, 0.29) is 0 Å². The van der Waals surface area contributed by atoms with Gasteiger partial charge in [0.05, 0.1) is 0 Å². The molecular formula is C15H30BrN. The van der Waals surface area contributed by atoms with Crippen molar-refractivity contribution in [1.82, 2.24) is 4.90 Å². The van der Waals surface area contributed by atoms with E-state index in [9.17, 15) is 0 Å². The number of halogens is 1. The Bertz CT molecular complexity index is 199. The Morgan fingerprint density at radius 2 is 1.88 bits per heavy atom. The molecule has 1 aliphatic carbocycles. The summed E-state index contributed by atoms with van der Waals surface area (Å²) >= 11 is 3.77. The number of nitrogens with zero attached hydrogens (tertiary/aromatic N) is 1. The molecule has 0 aromatic carbocycles. The number of rotatable bonds is 8. The fraction of sp³-hybridized carbons (Fsp3) is 1.00. The molecule has 1 atom stereocenters. The van der Waals surface area contributed by atoms with Crippen LogP contribution in [0.3, 0.4) is 0 Å². The average molecular weight is 304 g/mol. The van der Waals surface area contributed by atoms with E-state index in [1.807, 2.05) is 0 Å². The van der Waals surface area contributed by atoms with Crippen molar-refractivity contribution >= 4 is 15.9 Å². The lowest BCUT2D eigenvalue weighted by Gasteiger charge is -2.37. The SMILES string of the molecule is CCCCN(CC1(CBr)CCCC1)C(C)CC. The van der Waals surface area contributed by atoms with E-state index in [2.05, 4.69) is 41.6 Å². The molecule has 1 fully saturated rings. The molecule has 1 saturated carbocycles. The first-order valence-corrected chi connectivity index (χ1v) is 8.59. The van der Waals surface area contributed by atoms with Crippen molar-refractivity contribution in [1.29, 1.82) is 0 Å². The third kappa shape index (κ3) is 4.55. The maximum absolute atomic E-state index is 3.77. The van der Waals surface area contributed by atoms with E-state index >= 15 is 0 Å². The van der Waals surface area contributed by atoms with Gasteiger partial charge in [-0.3, -0.25) is 0 Å². The zero-order valence-corrected chi connectivity index (χ0v) is 13.6. The molecule has 0 saturated heterocycles. The van der Waals surface area contributed by atoms with Crippen molar-refractivity contribution in [2.45, 2.75) is 71.8 Å². The van der Waals surface area contributed by atoms with Gasteiger partial charge in [0.25, 0.3) is 0 Å². The molecule has 1 rings (SSSR count). The van der Waals surface area contributed by atoms with Gasteiger partial charge < -0.3 is 4.90 Å². The summed E-state index contributed by atoms with van der Waals surface area (Å²) in [7, 11) is 0. The molecule has 0 aromatic rings. The van der Waals surface area contributed by atoms with Crippen molar-refractivity contribution in [3.63, 3.8) is 0 Å². The van der Waals surface area contributed by atoms with Crippen LogP contribution in [0.5, 0.6) is 0 Å². The Morgan fingerprint density at radius 3 is 2.35 bits per heavy atom. The Labute approximate surface area is 116 Å². The van der Waals surface area contributed by atoms with Gasteiger partial charge in [0, 0.05) is 17.9 Å². The Kier molecular flexibility index (Phi) is 7.10. The fourth-order valence-electron chi connectivity index (χ4n) is 2.96. The molecule has 0 aliphatic heterocycles. The predicted octanol–water partition coefficient (Wildman–Crippen LogP) is 4.84. The molecular weight excluding hydrogens is 274 g/mol. The smallest absolute Gasteiger partial charge is 0.0100 e. The van der Waals surface area contributed by atoms with E-state index in [1.54, 1.807) is 0 Å². The minimum absolute atomic E-state index is 0.581. The summed E-state index contributed by atoms with van der Waals surface area (Å²) in [4.78, 5) is 2.75. The molecule has 0 amide bonds. The summed E-state index contributed by atoms with van der Waals surface area (Å²) in [6.45, 7) is 9.61. The lowest BCUT2D eigenvalue weighted by atomic mass is 9.87. The van der Waals surface area contributed by atoms with Gasteiger partial charge in [-0.1, -0.05) is 49.0 Å². The van der Waals surface area contributed by atoms with Crippen LogP contribution in [0.4, 0.5) is 0 Å². The highest BCUT2D eigenvalue weighted by atomic mass is 79.9. The predicted molar refractivity (Wildman–Crippen MR) is 80.9 cm³/mol. The summed E-state index contributed by atoms with van der Waals surface area (Å²) in [6, 6.07) is 0.748. The molecule has 0 spiro atoms. The van der Waals surface area contributed by atoms with Gasteiger partial charge in [0.1, 0.15) is 0 Å². The third-order valence-corrected chi connectivity index (χ3v) is 5.69. The number of alkyl halides is 1. The second-order valence-electron chi connectivity index (χ2n) is 5.92. The summed E-state index contributed by atoms with van der Waals surface area (Å²) in [6.07, 6.45) is 9.68. The van der Waals surface area contributed by atoms with Crippen LogP contribution in [0.1, 0.15) is 65.7 Å². The van der Waals surface area contributed by atoms with Crippen LogP contribution in [0.25, 0.3) is 0 Å². The first kappa shape index (κ1) is 15.5. The van der Waals surface area contributed by atoms with Crippen molar-refractivity contribution in [3.05, 3.63) is 0 Å². The molecule has 0 heterocycles. The summed E-state index contributed by atoms with van der Waals surface area (Å²) in [5.41, 5.74) is 0.581.